The molecule has 7 heteroatoms. The van der Waals surface area contributed by atoms with Crippen molar-refractivity contribution in [3.05, 3.63) is 65.7 Å². The third-order valence-electron chi connectivity index (χ3n) is 3.75. The fraction of sp³-hybridized carbons (Fsp3) is 0.211. The first kappa shape index (κ1) is 17.8. The number of rotatable bonds is 6. The summed E-state index contributed by atoms with van der Waals surface area (Å²) in [6, 6.07) is 13.6. The SMILES string of the molecule is COCCNC(=O)c1nc(-c2cccc(C)c2)n(-c2ccc(F)cc2)n1. The van der Waals surface area contributed by atoms with Gasteiger partial charge in [-0.15, -0.1) is 5.10 Å². The van der Waals surface area contributed by atoms with Crippen LogP contribution < -0.4 is 5.32 Å². The van der Waals surface area contributed by atoms with E-state index in [1.54, 1.807) is 23.9 Å². The van der Waals surface area contributed by atoms with Crippen LogP contribution in [0.5, 0.6) is 0 Å². The second-order valence-corrected chi connectivity index (χ2v) is 5.77. The van der Waals surface area contributed by atoms with Gasteiger partial charge in [-0.1, -0.05) is 23.8 Å². The van der Waals surface area contributed by atoms with Crippen LogP contribution in [-0.4, -0.2) is 40.9 Å². The van der Waals surface area contributed by atoms with Gasteiger partial charge in [0, 0.05) is 19.2 Å². The Hall–Kier alpha value is -3.06. The fourth-order valence-corrected chi connectivity index (χ4v) is 2.49. The third-order valence-corrected chi connectivity index (χ3v) is 3.75. The quantitative estimate of drug-likeness (QED) is 0.691. The summed E-state index contributed by atoms with van der Waals surface area (Å²) in [5, 5.41) is 7.03. The van der Waals surface area contributed by atoms with E-state index in [2.05, 4.69) is 15.4 Å². The van der Waals surface area contributed by atoms with Crippen LogP contribution in [0.15, 0.2) is 48.5 Å². The van der Waals surface area contributed by atoms with Gasteiger partial charge in [0.15, 0.2) is 5.82 Å². The first-order valence-corrected chi connectivity index (χ1v) is 8.15. The number of nitrogens with zero attached hydrogens (tertiary/aromatic N) is 3. The topological polar surface area (TPSA) is 69.0 Å². The molecule has 0 unspecified atom stereocenters. The van der Waals surface area contributed by atoms with Gasteiger partial charge in [-0.2, -0.15) is 0 Å². The van der Waals surface area contributed by atoms with Crippen LogP contribution in [0.2, 0.25) is 0 Å². The van der Waals surface area contributed by atoms with E-state index in [9.17, 15) is 9.18 Å². The molecule has 26 heavy (non-hydrogen) atoms. The second kappa shape index (κ2) is 7.88. The number of hydrogen-bond acceptors (Lipinski definition) is 4. The minimum atomic E-state index is -0.392. The van der Waals surface area contributed by atoms with Gasteiger partial charge >= 0.3 is 0 Å². The highest BCUT2D eigenvalue weighted by atomic mass is 19.1. The van der Waals surface area contributed by atoms with Gasteiger partial charge in [-0.3, -0.25) is 4.79 Å². The van der Waals surface area contributed by atoms with Crippen molar-refractivity contribution in [3.63, 3.8) is 0 Å². The first-order valence-electron chi connectivity index (χ1n) is 8.15. The van der Waals surface area contributed by atoms with Gasteiger partial charge in [0.25, 0.3) is 5.91 Å². The zero-order valence-electron chi connectivity index (χ0n) is 14.6. The minimum absolute atomic E-state index is 0.0435. The average molecular weight is 354 g/mol. The number of amides is 1. The fourth-order valence-electron chi connectivity index (χ4n) is 2.49. The summed E-state index contributed by atoms with van der Waals surface area (Å²) in [6.07, 6.45) is 0. The number of ether oxygens (including phenoxy) is 1. The number of aromatic nitrogens is 3. The Bertz CT molecular complexity index is 906. The van der Waals surface area contributed by atoms with E-state index in [0.29, 0.717) is 24.7 Å². The Labute approximate surface area is 150 Å². The van der Waals surface area contributed by atoms with Crippen LogP contribution in [0.3, 0.4) is 0 Å². The predicted octanol–water partition coefficient (Wildman–Crippen LogP) is 2.76. The molecule has 2 aromatic carbocycles. The van der Waals surface area contributed by atoms with Crippen LogP contribution in [0.1, 0.15) is 16.2 Å². The Morgan fingerprint density at radius 1 is 1.23 bits per heavy atom. The molecule has 0 aliphatic carbocycles. The molecule has 6 nitrogen and oxygen atoms in total. The summed E-state index contributed by atoms with van der Waals surface area (Å²) >= 11 is 0. The van der Waals surface area contributed by atoms with Gasteiger partial charge in [0.1, 0.15) is 5.82 Å². The molecule has 0 bridgehead atoms. The summed E-state index contributed by atoms with van der Waals surface area (Å²) in [6.45, 7) is 2.73. The summed E-state index contributed by atoms with van der Waals surface area (Å²) in [5.41, 5.74) is 2.49. The van der Waals surface area contributed by atoms with E-state index in [1.807, 2.05) is 31.2 Å². The summed E-state index contributed by atoms with van der Waals surface area (Å²) in [5.74, 6) is -0.181. The van der Waals surface area contributed by atoms with Gasteiger partial charge < -0.3 is 10.1 Å². The summed E-state index contributed by atoms with van der Waals surface area (Å²) < 4.78 is 19.7. The molecule has 134 valence electrons. The third kappa shape index (κ3) is 3.94. The number of halogens is 1. The van der Waals surface area contributed by atoms with Gasteiger partial charge in [-0.25, -0.2) is 14.1 Å². The van der Waals surface area contributed by atoms with Crippen molar-refractivity contribution in [2.24, 2.45) is 0 Å². The van der Waals surface area contributed by atoms with E-state index < -0.39 is 5.91 Å². The number of benzene rings is 2. The number of methoxy groups -OCH3 is 1. The van der Waals surface area contributed by atoms with Crippen LogP contribution in [-0.2, 0) is 4.74 Å². The normalized spacial score (nSPS) is 10.7. The molecular weight excluding hydrogens is 335 g/mol. The molecule has 1 N–H and O–H groups in total. The monoisotopic (exact) mass is 354 g/mol. The highest BCUT2D eigenvalue weighted by Crippen LogP contribution is 2.22. The number of aryl methyl sites for hydroxylation is 1. The average Bonchev–Trinajstić information content (AvgIpc) is 3.08. The molecule has 0 atom stereocenters. The molecule has 1 aromatic heterocycles. The second-order valence-electron chi connectivity index (χ2n) is 5.77. The first-order chi connectivity index (χ1) is 12.6. The lowest BCUT2D eigenvalue weighted by Gasteiger charge is -2.06. The molecule has 1 heterocycles. The molecule has 3 rings (SSSR count). The molecule has 0 saturated heterocycles. The number of hydrogen-bond donors (Lipinski definition) is 1. The van der Waals surface area contributed by atoms with Crippen molar-refractivity contribution in [1.29, 1.82) is 0 Å². The molecule has 0 saturated carbocycles. The largest absolute Gasteiger partial charge is 0.383 e. The maximum Gasteiger partial charge on any atom is 0.291 e. The highest BCUT2D eigenvalue weighted by Gasteiger charge is 2.18. The summed E-state index contributed by atoms with van der Waals surface area (Å²) in [7, 11) is 1.56. The standard InChI is InChI=1S/C19H19FN4O2/c1-13-4-3-5-14(12-13)18-22-17(19(25)21-10-11-26-2)23-24(18)16-8-6-15(20)7-9-16/h3-9,12H,10-11H2,1-2H3,(H,21,25). The van der Waals surface area contributed by atoms with E-state index in [4.69, 9.17) is 4.74 Å². The molecule has 0 radical (unpaired) electrons. The van der Waals surface area contributed by atoms with Crippen LogP contribution in [0.4, 0.5) is 4.39 Å². The Morgan fingerprint density at radius 3 is 2.69 bits per heavy atom. The lowest BCUT2D eigenvalue weighted by atomic mass is 10.1. The Kier molecular flexibility index (Phi) is 5.38. The van der Waals surface area contributed by atoms with E-state index in [-0.39, 0.29) is 11.6 Å². The predicted molar refractivity (Wildman–Crippen MR) is 95.7 cm³/mol. The zero-order chi connectivity index (χ0) is 18.5. The molecular formula is C19H19FN4O2. The molecule has 0 fully saturated rings. The van der Waals surface area contributed by atoms with Crippen molar-refractivity contribution in [2.45, 2.75) is 6.92 Å². The maximum absolute atomic E-state index is 13.3. The van der Waals surface area contributed by atoms with Crippen molar-refractivity contribution < 1.29 is 13.9 Å². The van der Waals surface area contributed by atoms with Gasteiger partial charge in [0.2, 0.25) is 5.82 Å². The molecule has 0 aliphatic heterocycles. The smallest absolute Gasteiger partial charge is 0.291 e. The van der Waals surface area contributed by atoms with Gasteiger partial charge in [-0.05, 0) is 37.3 Å². The molecule has 3 aromatic rings. The van der Waals surface area contributed by atoms with Crippen LogP contribution in [0.25, 0.3) is 17.1 Å². The molecule has 1 amide bonds. The van der Waals surface area contributed by atoms with Crippen LogP contribution in [0, 0.1) is 12.7 Å². The number of nitrogens with one attached hydrogen (secondary N) is 1. The zero-order valence-corrected chi connectivity index (χ0v) is 14.6. The van der Waals surface area contributed by atoms with Crippen molar-refractivity contribution in [2.75, 3.05) is 20.3 Å². The number of carbonyl (C=O) groups excluding carboxylic acids is 1. The van der Waals surface area contributed by atoms with Crippen LogP contribution >= 0.6 is 0 Å². The number of carbonyl (C=O) groups is 1. The highest BCUT2D eigenvalue weighted by molar-refractivity contribution is 5.91. The minimum Gasteiger partial charge on any atom is -0.383 e. The Morgan fingerprint density at radius 2 is 2.00 bits per heavy atom. The van der Waals surface area contributed by atoms with Gasteiger partial charge in [0.05, 0.1) is 12.3 Å². The lowest BCUT2D eigenvalue weighted by molar-refractivity contribution is 0.0927. The van der Waals surface area contributed by atoms with E-state index in [1.165, 1.54) is 12.1 Å². The van der Waals surface area contributed by atoms with Crippen molar-refractivity contribution in [1.82, 2.24) is 20.1 Å². The maximum atomic E-state index is 13.3. The Balaban J connectivity index is 2.03. The summed E-state index contributed by atoms with van der Waals surface area (Å²) in [4.78, 5) is 16.7. The van der Waals surface area contributed by atoms with E-state index >= 15 is 0 Å². The van der Waals surface area contributed by atoms with E-state index in [0.717, 1.165) is 11.1 Å². The molecule has 0 spiro atoms. The van der Waals surface area contributed by atoms with Crippen molar-refractivity contribution >= 4 is 5.91 Å². The van der Waals surface area contributed by atoms with Crippen molar-refractivity contribution in [3.8, 4) is 17.1 Å². The molecule has 0 aliphatic rings. The lowest BCUT2D eigenvalue weighted by Crippen LogP contribution is -2.28.